The van der Waals surface area contributed by atoms with Crippen LogP contribution in [0.2, 0.25) is 0 Å². The minimum Gasteiger partial charge on any atom is -0.368 e. The summed E-state index contributed by atoms with van der Waals surface area (Å²) in [6, 6.07) is 0. The van der Waals surface area contributed by atoms with E-state index in [0.717, 1.165) is 49.6 Å². The molecule has 0 amide bonds. The van der Waals surface area contributed by atoms with E-state index in [4.69, 9.17) is 0 Å². The molecule has 7 nitrogen and oxygen atoms in total. The van der Waals surface area contributed by atoms with Crippen molar-refractivity contribution in [2.45, 2.75) is 20.8 Å². The molecule has 0 fully saturated rings. The van der Waals surface area contributed by atoms with Crippen LogP contribution in [0.5, 0.6) is 0 Å². The first-order valence-corrected chi connectivity index (χ1v) is 7.19. The van der Waals surface area contributed by atoms with Gasteiger partial charge in [0, 0.05) is 19.6 Å². The lowest BCUT2D eigenvalue weighted by Crippen LogP contribution is -2.28. The smallest absolute Gasteiger partial charge is 0.226 e. The third-order valence-electron chi connectivity index (χ3n) is 3.26. The fraction of sp³-hybridized carbons (Fsp3) is 0.615. The Balaban J connectivity index is 2.09. The largest absolute Gasteiger partial charge is 0.368 e. The number of rotatable bonds is 8. The Labute approximate surface area is 119 Å². The van der Waals surface area contributed by atoms with Crippen LogP contribution >= 0.6 is 0 Å². The molecule has 7 heteroatoms. The highest BCUT2D eigenvalue weighted by Gasteiger charge is 2.09. The van der Waals surface area contributed by atoms with E-state index in [9.17, 15) is 0 Å². The average molecular weight is 277 g/mol. The molecule has 0 radical (unpaired) electrons. The highest BCUT2D eigenvalue weighted by Crippen LogP contribution is 2.19. The first kappa shape index (κ1) is 14.5. The first-order chi connectivity index (χ1) is 9.78. The zero-order valence-corrected chi connectivity index (χ0v) is 12.4. The molecule has 2 aromatic heterocycles. The molecule has 3 N–H and O–H groups in total. The van der Waals surface area contributed by atoms with Crippen LogP contribution in [0.15, 0.2) is 6.20 Å². The molecule has 0 aliphatic heterocycles. The summed E-state index contributed by atoms with van der Waals surface area (Å²) in [5, 5.41) is 14.4. The molecule has 0 aliphatic carbocycles. The summed E-state index contributed by atoms with van der Waals surface area (Å²) in [7, 11) is 0. The molecule has 2 rings (SSSR count). The van der Waals surface area contributed by atoms with Gasteiger partial charge in [0.05, 0.1) is 11.6 Å². The van der Waals surface area contributed by atoms with Crippen molar-refractivity contribution in [3.05, 3.63) is 6.20 Å². The summed E-state index contributed by atoms with van der Waals surface area (Å²) < 4.78 is 0. The van der Waals surface area contributed by atoms with Gasteiger partial charge in [0.1, 0.15) is 5.82 Å². The molecular weight excluding hydrogens is 254 g/mol. The van der Waals surface area contributed by atoms with Crippen molar-refractivity contribution in [3.8, 4) is 0 Å². The molecule has 0 spiro atoms. The van der Waals surface area contributed by atoms with Crippen molar-refractivity contribution >= 4 is 22.8 Å². The second-order valence-electron chi connectivity index (χ2n) is 4.51. The maximum absolute atomic E-state index is 4.50. The second kappa shape index (κ2) is 7.04. The van der Waals surface area contributed by atoms with Crippen LogP contribution in [-0.2, 0) is 0 Å². The molecule has 0 bridgehead atoms. The van der Waals surface area contributed by atoms with Crippen LogP contribution < -0.4 is 10.6 Å². The van der Waals surface area contributed by atoms with Gasteiger partial charge < -0.3 is 15.5 Å². The lowest BCUT2D eigenvalue weighted by atomic mass is 10.4. The minimum absolute atomic E-state index is 0.620. The minimum atomic E-state index is 0.620. The number of hydrogen-bond donors (Lipinski definition) is 3. The highest BCUT2D eigenvalue weighted by molar-refractivity contribution is 5.86. The second-order valence-corrected chi connectivity index (χ2v) is 4.51. The van der Waals surface area contributed by atoms with Gasteiger partial charge in [0.15, 0.2) is 5.65 Å². The van der Waals surface area contributed by atoms with Crippen LogP contribution in [0.1, 0.15) is 20.8 Å². The van der Waals surface area contributed by atoms with Crippen LogP contribution in [0.25, 0.3) is 11.0 Å². The molecule has 0 saturated carbocycles. The zero-order valence-electron chi connectivity index (χ0n) is 12.4. The maximum Gasteiger partial charge on any atom is 0.226 e. The number of hydrogen-bond acceptors (Lipinski definition) is 6. The Kier molecular flexibility index (Phi) is 5.11. The summed E-state index contributed by atoms with van der Waals surface area (Å²) in [4.78, 5) is 11.2. The summed E-state index contributed by atoms with van der Waals surface area (Å²) in [5.74, 6) is 1.45. The molecular formula is C13H23N7. The van der Waals surface area contributed by atoms with Gasteiger partial charge in [-0.25, -0.2) is 0 Å². The van der Waals surface area contributed by atoms with E-state index < -0.39 is 0 Å². The number of H-pyrrole nitrogens is 1. The molecule has 0 aromatic carbocycles. The van der Waals surface area contributed by atoms with Crippen LogP contribution in [0.4, 0.5) is 11.8 Å². The van der Waals surface area contributed by atoms with E-state index in [1.807, 2.05) is 6.92 Å². The molecule has 2 aromatic rings. The number of nitrogens with one attached hydrogen (secondary N) is 3. The first-order valence-electron chi connectivity index (χ1n) is 7.19. The lowest BCUT2D eigenvalue weighted by molar-refractivity contribution is 0.316. The third-order valence-corrected chi connectivity index (χ3v) is 3.26. The Hall–Kier alpha value is -1.89. The summed E-state index contributed by atoms with van der Waals surface area (Å²) >= 11 is 0. The third kappa shape index (κ3) is 3.36. The van der Waals surface area contributed by atoms with E-state index in [1.54, 1.807) is 6.20 Å². The molecule has 0 atom stereocenters. The Morgan fingerprint density at radius 2 is 1.95 bits per heavy atom. The lowest BCUT2D eigenvalue weighted by Gasteiger charge is -2.18. The highest BCUT2D eigenvalue weighted by atomic mass is 15.2. The van der Waals surface area contributed by atoms with Crippen LogP contribution in [0.3, 0.4) is 0 Å². The van der Waals surface area contributed by atoms with Crippen LogP contribution in [0, 0.1) is 0 Å². The van der Waals surface area contributed by atoms with Gasteiger partial charge in [0.2, 0.25) is 5.95 Å². The van der Waals surface area contributed by atoms with E-state index in [-0.39, 0.29) is 0 Å². The molecule has 20 heavy (non-hydrogen) atoms. The Bertz CT molecular complexity index is 532. The van der Waals surface area contributed by atoms with Crippen molar-refractivity contribution in [3.63, 3.8) is 0 Å². The normalized spacial score (nSPS) is 11.2. The van der Waals surface area contributed by atoms with E-state index >= 15 is 0 Å². The number of aromatic amines is 1. The Morgan fingerprint density at radius 3 is 2.65 bits per heavy atom. The molecule has 0 saturated heterocycles. The van der Waals surface area contributed by atoms with Crippen LogP contribution in [-0.4, -0.2) is 57.8 Å². The number of fused-ring (bicyclic) bond motifs is 1. The van der Waals surface area contributed by atoms with Gasteiger partial charge in [-0.05, 0) is 20.0 Å². The van der Waals surface area contributed by atoms with E-state index in [0.29, 0.717) is 5.95 Å². The van der Waals surface area contributed by atoms with Crippen molar-refractivity contribution in [2.75, 3.05) is 43.4 Å². The maximum atomic E-state index is 4.50. The van der Waals surface area contributed by atoms with Gasteiger partial charge in [-0.1, -0.05) is 13.8 Å². The fourth-order valence-corrected chi connectivity index (χ4v) is 2.08. The van der Waals surface area contributed by atoms with Gasteiger partial charge >= 0.3 is 0 Å². The molecule has 2 heterocycles. The topological polar surface area (TPSA) is 81.8 Å². The molecule has 110 valence electrons. The fourth-order valence-electron chi connectivity index (χ4n) is 2.08. The summed E-state index contributed by atoms with van der Waals surface area (Å²) in [6.45, 7) is 11.1. The quantitative estimate of drug-likeness (QED) is 0.679. The van der Waals surface area contributed by atoms with Crippen molar-refractivity contribution in [1.29, 1.82) is 0 Å². The summed E-state index contributed by atoms with van der Waals surface area (Å²) in [6.07, 6.45) is 1.75. The zero-order chi connectivity index (χ0) is 14.4. The van der Waals surface area contributed by atoms with Gasteiger partial charge in [-0.2, -0.15) is 15.1 Å². The van der Waals surface area contributed by atoms with Gasteiger partial charge in [-0.15, -0.1) is 0 Å². The van der Waals surface area contributed by atoms with Gasteiger partial charge in [-0.3, -0.25) is 5.10 Å². The van der Waals surface area contributed by atoms with E-state index in [2.05, 4.69) is 49.5 Å². The summed E-state index contributed by atoms with van der Waals surface area (Å²) in [5.41, 5.74) is 0.751. The average Bonchev–Trinajstić information content (AvgIpc) is 2.92. The SMILES string of the molecule is CCNc1nc(NCCN(CC)CC)c2cn[nH]c2n1. The van der Waals surface area contributed by atoms with Crippen molar-refractivity contribution < 1.29 is 0 Å². The number of aromatic nitrogens is 4. The van der Waals surface area contributed by atoms with E-state index in [1.165, 1.54) is 0 Å². The number of anilines is 2. The number of nitrogens with zero attached hydrogens (tertiary/aromatic N) is 4. The predicted octanol–water partition coefficient (Wildman–Crippen LogP) is 1.54. The monoisotopic (exact) mass is 277 g/mol. The van der Waals surface area contributed by atoms with Crippen molar-refractivity contribution in [2.24, 2.45) is 0 Å². The van der Waals surface area contributed by atoms with Crippen molar-refractivity contribution in [1.82, 2.24) is 25.1 Å². The van der Waals surface area contributed by atoms with Gasteiger partial charge in [0.25, 0.3) is 0 Å². The predicted molar refractivity (Wildman–Crippen MR) is 82.1 cm³/mol. The Morgan fingerprint density at radius 1 is 1.15 bits per heavy atom. The standard InChI is InChI=1S/C13H23N7/c1-4-14-13-17-11(10-9-16-19-12(10)18-13)15-7-8-20(5-2)6-3/h9H,4-8H2,1-3H3,(H3,14,15,16,17,18,19). The molecule has 0 aliphatic rings. The number of likely N-dealkylation sites (N-methyl/N-ethyl adjacent to an activating group) is 1. The molecule has 0 unspecified atom stereocenters.